The molecule has 0 N–H and O–H groups in total. The van der Waals surface area contributed by atoms with Gasteiger partial charge in [-0.05, 0) is 13.8 Å². The molecule has 0 aliphatic heterocycles. The Kier molecular flexibility index (Phi) is 3.03. The van der Waals surface area contributed by atoms with Gasteiger partial charge in [-0.25, -0.2) is 19.9 Å². The highest BCUT2D eigenvalue weighted by atomic mass is 15.2. The van der Waals surface area contributed by atoms with Crippen LogP contribution in [0.2, 0.25) is 0 Å². The minimum atomic E-state index is 0.320. The molecule has 0 aromatic carbocycles. The van der Waals surface area contributed by atoms with E-state index >= 15 is 0 Å². The molecule has 0 unspecified atom stereocenters. The second kappa shape index (κ2) is 4.48. The number of nitrogens with zero attached hydrogens (tertiary/aromatic N) is 6. The van der Waals surface area contributed by atoms with E-state index in [1.165, 1.54) is 6.33 Å². The Bertz CT molecular complexity index is 540. The standard InChI is InChI=1S/C11H16N6/c1-8(2)17-7-14-9-10(15-6-16(3)4)12-5-13-11(9)17/h5-8H,1-4H3. The molecule has 0 saturated heterocycles. The van der Waals surface area contributed by atoms with Crippen molar-refractivity contribution in [2.75, 3.05) is 14.1 Å². The summed E-state index contributed by atoms with van der Waals surface area (Å²) in [6, 6.07) is 0.320. The summed E-state index contributed by atoms with van der Waals surface area (Å²) >= 11 is 0. The molecule has 0 aliphatic carbocycles. The first kappa shape index (κ1) is 11.5. The van der Waals surface area contributed by atoms with Gasteiger partial charge in [0.15, 0.2) is 17.0 Å². The quantitative estimate of drug-likeness (QED) is 0.596. The Hall–Kier alpha value is -1.98. The van der Waals surface area contributed by atoms with Crippen LogP contribution >= 0.6 is 0 Å². The summed E-state index contributed by atoms with van der Waals surface area (Å²) in [5.74, 6) is 0.600. The molecule has 6 nitrogen and oxygen atoms in total. The van der Waals surface area contributed by atoms with Crippen molar-refractivity contribution >= 4 is 23.3 Å². The lowest BCUT2D eigenvalue weighted by atomic mass is 10.4. The molecule has 0 aliphatic rings. The summed E-state index contributed by atoms with van der Waals surface area (Å²) in [4.78, 5) is 18.9. The van der Waals surface area contributed by atoms with Crippen LogP contribution in [-0.2, 0) is 0 Å². The molecule has 6 heteroatoms. The summed E-state index contributed by atoms with van der Waals surface area (Å²) < 4.78 is 2.01. The molecule has 2 aromatic heterocycles. The van der Waals surface area contributed by atoms with E-state index in [2.05, 4.69) is 33.8 Å². The molecule has 0 amide bonds. The first-order chi connectivity index (χ1) is 8.09. The van der Waals surface area contributed by atoms with Gasteiger partial charge in [0.05, 0.1) is 12.7 Å². The van der Waals surface area contributed by atoms with Gasteiger partial charge in [0.1, 0.15) is 6.33 Å². The fourth-order valence-corrected chi connectivity index (χ4v) is 1.48. The van der Waals surface area contributed by atoms with Crippen LogP contribution in [-0.4, -0.2) is 44.9 Å². The number of hydrogen-bond acceptors (Lipinski definition) is 4. The zero-order valence-corrected chi connectivity index (χ0v) is 10.5. The number of aromatic nitrogens is 4. The Morgan fingerprint density at radius 1 is 1.29 bits per heavy atom. The maximum absolute atomic E-state index is 4.32. The topological polar surface area (TPSA) is 59.2 Å². The lowest BCUT2D eigenvalue weighted by Crippen LogP contribution is -2.07. The third-order valence-electron chi connectivity index (χ3n) is 2.31. The Morgan fingerprint density at radius 3 is 2.71 bits per heavy atom. The minimum absolute atomic E-state index is 0.320. The first-order valence-corrected chi connectivity index (χ1v) is 5.47. The van der Waals surface area contributed by atoms with Crippen LogP contribution in [0.15, 0.2) is 17.6 Å². The smallest absolute Gasteiger partial charge is 0.184 e. The van der Waals surface area contributed by atoms with Gasteiger partial charge in [-0.2, -0.15) is 0 Å². The highest BCUT2D eigenvalue weighted by molar-refractivity contribution is 5.82. The second-order valence-electron chi connectivity index (χ2n) is 4.32. The minimum Gasteiger partial charge on any atom is -0.369 e. The zero-order valence-electron chi connectivity index (χ0n) is 10.5. The normalized spacial score (nSPS) is 11.8. The Balaban J connectivity index is 2.52. The van der Waals surface area contributed by atoms with Crippen molar-refractivity contribution in [3.05, 3.63) is 12.7 Å². The van der Waals surface area contributed by atoms with Crippen LogP contribution in [0.5, 0.6) is 0 Å². The van der Waals surface area contributed by atoms with Crippen LogP contribution in [0.1, 0.15) is 19.9 Å². The third-order valence-corrected chi connectivity index (χ3v) is 2.31. The number of aliphatic imine (C=N–C) groups is 1. The fraction of sp³-hybridized carbons (Fsp3) is 0.455. The summed E-state index contributed by atoms with van der Waals surface area (Å²) in [6.45, 7) is 4.18. The molecule has 0 bridgehead atoms. The summed E-state index contributed by atoms with van der Waals surface area (Å²) in [5.41, 5.74) is 1.56. The van der Waals surface area contributed by atoms with E-state index in [0.717, 1.165) is 11.2 Å². The highest BCUT2D eigenvalue weighted by Gasteiger charge is 2.10. The second-order valence-corrected chi connectivity index (χ2v) is 4.32. The summed E-state index contributed by atoms with van der Waals surface area (Å²) in [7, 11) is 3.82. The average molecular weight is 232 g/mol. The van der Waals surface area contributed by atoms with Gasteiger partial charge in [-0.3, -0.25) is 0 Å². The number of fused-ring (bicyclic) bond motifs is 1. The van der Waals surface area contributed by atoms with Crippen LogP contribution in [0.3, 0.4) is 0 Å². The maximum atomic E-state index is 4.32. The molecule has 17 heavy (non-hydrogen) atoms. The Morgan fingerprint density at radius 2 is 2.06 bits per heavy atom. The average Bonchev–Trinajstić information content (AvgIpc) is 2.70. The van der Waals surface area contributed by atoms with Crippen molar-refractivity contribution in [3.8, 4) is 0 Å². The van der Waals surface area contributed by atoms with E-state index in [-0.39, 0.29) is 0 Å². The predicted molar refractivity (Wildman–Crippen MR) is 67.5 cm³/mol. The number of hydrogen-bond donors (Lipinski definition) is 0. The van der Waals surface area contributed by atoms with E-state index < -0.39 is 0 Å². The molecule has 2 heterocycles. The van der Waals surface area contributed by atoms with Crippen molar-refractivity contribution in [2.24, 2.45) is 4.99 Å². The van der Waals surface area contributed by atoms with Gasteiger partial charge in [-0.1, -0.05) is 0 Å². The molecule has 0 fully saturated rings. The first-order valence-electron chi connectivity index (χ1n) is 5.47. The predicted octanol–water partition coefficient (Wildman–Crippen LogP) is 1.63. The summed E-state index contributed by atoms with van der Waals surface area (Å²) in [6.07, 6.45) is 5.00. The van der Waals surface area contributed by atoms with Crippen molar-refractivity contribution in [1.29, 1.82) is 0 Å². The van der Waals surface area contributed by atoms with E-state index in [0.29, 0.717) is 11.9 Å². The van der Waals surface area contributed by atoms with Gasteiger partial charge in [0, 0.05) is 20.1 Å². The number of imidazole rings is 1. The maximum Gasteiger partial charge on any atom is 0.184 e. The molecule has 90 valence electrons. The molecule has 2 aromatic rings. The third kappa shape index (κ3) is 2.25. The van der Waals surface area contributed by atoms with E-state index in [9.17, 15) is 0 Å². The van der Waals surface area contributed by atoms with Crippen molar-refractivity contribution in [2.45, 2.75) is 19.9 Å². The van der Waals surface area contributed by atoms with Gasteiger partial charge >= 0.3 is 0 Å². The van der Waals surface area contributed by atoms with Crippen LogP contribution in [0.25, 0.3) is 11.2 Å². The fourth-order valence-electron chi connectivity index (χ4n) is 1.48. The van der Waals surface area contributed by atoms with Crippen molar-refractivity contribution < 1.29 is 0 Å². The molecular weight excluding hydrogens is 216 g/mol. The lowest BCUT2D eigenvalue weighted by molar-refractivity contribution is 0.612. The van der Waals surface area contributed by atoms with Gasteiger partial charge < -0.3 is 9.47 Å². The molecule has 2 rings (SSSR count). The highest BCUT2D eigenvalue weighted by Crippen LogP contribution is 2.21. The van der Waals surface area contributed by atoms with Crippen LogP contribution < -0.4 is 0 Å². The molecule has 0 saturated carbocycles. The van der Waals surface area contributed by atoms with Crippen LogP contribution in [0.4, 0.5) is 5.82 Å². The molecule has 0 spiro atoms. The number of rotatable bonds is 3. The van der Waals surface area contributed by atoms with E-state index in [1.54, 1.807) is 12.7 Å². The van der Waals surface area contributed by atoms with E-state index in [4.69, 9.17) is 0 Å². The van der Waals surface area contributed by atoms with Crippen molar-refractivity contribution in [3.63, 3.8) is 0 Å². The zero-order chi connectivity index (χ0) is 12.4. The Labute approximate surface area is 100 Å². The monoisotopic (exact) mass is 232 g/mol. The van der Waals surface area contributed by atoms with Crippen LogP contribution in [0, 0.1) is 0 Å². The molecular formula is C11H16N6. The van der Waals surface area contributed by atoms with Gasteiger partial charge in [-0.15, -0.1) is 0 Å². The van der Waals surface area contributed by atoms with Gasteiger partial charge in [0.2, 0.25) is 0 Å². The largest absolute Gasteiger partial charge is 0.369 e. The SMILES string of the molecule is CC(C)n1cnc2c(N=CN(C)C)ncnc21. The van der Waals surface area contributed by atoms with E-state index in [1.807, 2.05) is 23.6 Å². The molecule has 0 radical (unpaired) electrons. The molecule has 0 atom stereocenters. The lowest BCUT2D eigenvalue weighted by Gasteiger charge is -2.06. The van der Waals surface area contributed by atoms with Crippen molar-refractivity contribution in [1.82, 2.24) is 24.4 Å². The van der Waals surface area contributed by atoms with Gasteiger partial charge in [0.25, 0.3) is 0 Å². The summed E-state index contributed by atoms with van der Waals surface area (Å²) in [5, 5.41) is 0.